The summed E-state index contributed by atoms with van der Waals surface area (Å²) >= 11 is 3.72. The van der Waals surface area contributed by atoms with Crippen LogP contribution in [-0.2, 0) is 5.41 Å². The summed E-state index contributed by atoms with van der Waals surface area (Å²) in [5.74, 6) is 1.97. The minimum Gasteiger partial charge on any atom is -0.309 e. The molecule has 4 aromatic heterocycles. The monoisotopic (exact) mass is 802 g/mol. The maximum atomic E-state index is 5.33. The fraction of sp³-hybridized carbons (Fsp3) is 0.0556. The van der Waals surface area contributed by atoms with Gasteiger partial charge in [0, 0.05) is 78.9 Å². The van der Waals surface area contributed by atoms with E-state index in [0.29, 0.717) is 17.5 Å². The first kappa shape index (κ1) is 33.9. The van der Waals surface area contributed by atoms with Crippen LogP contribution < -0.4 is 0 Å². The molecule has 4 heterocycles. The summed E-state index contributed by atoms with van der Waals surface area (Å²) in [5.41, 5.74) is 11.6. The molecule has 0 saturated carbocycles. The summed E-state index contributed by atoms with van der Waals surface area (Å²) in [7, 11) is 0. The number of rotatable bonds is 4. The fourth-order valence-corrected chi connectivity index (χ4v) is 12.3. The molecule has 0 N–H and O–H groups in total. The molecule has 282 valence electrons. The number of aromatic nitrogens is 4. The summed E-state index contributed by atoms with van der Waals surface area (Å²) in [4.78, 5) is 15.7. The minimum absolute atomic E-state index is 0.139. The van der Waals surface area contributed by atoms with E-state index in [1.807, 2.05) is 59.1 Å². The third-order valence-corrected chi connectivity index (χ3v) is 15.0. The minimum atomic E-state index is -0.139. The quantitative estimate of drug-likeness (QED) is 0.178. The van der Waals surface area contributed by atoms with E-state index >= 15 is 0 Å². The lowest BCUT2D eigenvalue weighted by molar-refractivity contribution is 0.661. The van der Waals surface area contributed by atoms with Gasteiger partial charge >= 0.3 is 0 Å². The predicted molar refractivity (Wildman–Crippen MR) is 254 cm³/mol. The Balaban J connectivity index is 1.17. The van der Waals surface area contributed by atoms with Crippen LogP contribution in [0.1, 0.15) is 25.0 Å². The lowest BCUT2D eigenvalue weighted by Crippen LogP contribution is -2.15. The Morgan fingerprint density at radius 3 is 1.85 bits per heavy atom. The van der Waals surface area contributed by atoms with Gasteiger partial charge in [-0.3, -0.25) is 0 Å². The molecule has 0 unspecified atom stereocenters. The average molecular weight is 803 g/mol. The molecule has 8 aromatic carbocycles. The van der Waals surface area contributed by atoms with Gasteiger partial charge in [0.1, 0.15) is 0 Å². The van der Waals surface area contributed by atoms with E-state index in [0.717, 1.165) is 22.4 Å². The molecule has 0 fully saturated rings. The van der Waals surface area contributed by atoms with Gasteiger partial charge in [0.25, 0.3) is 0 Å². The average Bonchev–Trinajstić information content (AvgIpc) is 4.02. The number of nitrogens with zero attached hydrogens (tertiary/aromatic N) is 4. The molecule has 1 aliphatic carbocycles. The van der Waals surface area contributed by atoms with Gasteiger partial charge in [0.15, 0.2) is 17.5 Å². The normalized spacial score (nSPS) is 13.3. The van der Waals surface area contributed by atoms with Crippen LogP contribution in [0, 0.1) is 0 Å². The third-order valence-electron chi connectivity index (χ3n) is 12.6. The van der Waals surface area contributed by atoms with Crippen molar-refractivity contribution in [2.45, 2.75) is 19.3 Å². The van der Waals surface area contributed by atoms with Gasteiger partial charge in [-0.15, -0.1) is 22.7 Å². The molecule has 0 amide bonds. The van der Waals surface area contributed by atoms with Crippen molar-refractivity contribution in [1.29, 1.82) is 0 Å². The molecular weight excluding hydrogens is 769 g/mol. The van der Waals surface area contributed by atoms with Gasteiger partial charge in [-0.2, -0.15) is 0 Å². The summed E-state index contributed by atoms with van der Waals surface area (Å²) in [5, 5.41) is 7.57. The lowest BCUT2D eigenvalue weighted by atomic mass is 9.82. The molecule has 0 bridgehead atoms. The van der Waals surface area contributed by atoms with Gasteiger partial charge in [-0.25, -0.2) is 15.0 Å². The van der Waals surface area contributed by atoms with Crippen molar-refractivity contribution < 1.29 is 0 Å². The summed E-state index contributed by atoms with van der Waals surface area (Å²) < 4.78 is 7.52. The first-order chi connectivity index (χ1) is 29.5. The molecular formula is C54H34N4S2. The van der Waals surface area contributed by atoms with E-state index in [9.17, 15) is 0 Å². The molecule has 0 radical (unpaired) electrons. The first-order valence-corrected chi connectivity index (χ1v) is 22.0. The molecule has 6 heteroatoms. The van der Waals surface area contributed by atoms with Crippen LogP contribution in [0.4, 0.5) is 0 Å². The van der Waals surface area contributed by atoms with Gasteiger partial charge in [0.2, 0.25) is 0 Å². The van der Waals surface area contributed by atoms with Crippen LogP contribution in [0.25, 0.3) is 113 Å². The van der Waals surface area contributed by atoms with Crippen molar-refractivity contribution >= 4 is 84.8 Å². The zero-order valence-corrected chi connectivity index (χ0v) is 34.4. The standard InChI is InChI=1S/C54H34N4S2/c1-54(2)42-22-12-9-19-34(42)38-29-39-35-20-10-13-23-44(35)58(45(39)30-43(38)54)33-27-40-48-47(26-25-37-36-21-11-14-24-46(36)59-50(37)48)60-49(40)41(28-33)53-56-51(31-15-5-3-6-16-31)55-52(57-53)32-17-7-4-8-18-32/h3-30H,1-2H3. The van der Waals surface area contributed by atoms with Crippen molar-refractivity contribution in [2.24, 2.45) is 0 Å². The number of thiophene rings is 2. The molecule has 0 saturated heterocycles. The summed E-state index contributed by atoms with van der Waals surface area (Å²) in [6, 6.07) is 61.4. The Kier molecular flexibility index (Phi) is 7.07. The smallest absolute Gasteiger partial charge is 0.165 e. The molecule has 0 atom stereocenters. The second-order valence-corrected chi connectivity index (χ2v) is 18.5. The van der Waals surface area contributed by atoms with Gasteiger partial charge in [-0.05, 0) is 64.7 Å². The van der Waals surface area contributed by atoms with Crippen LogP contribution in [0.2, 0.25) is 0 Å². The van der Waals surface area contributed by atoms with Crippen LogP contribution in [0.3, 0.4) is 0 Å². The Hall–Kier alpha value is -6.99. The van der Waals surface area contributed by atoms with E-state index < -0.39 is 0 Å². The highest BCUT2D eigenvalue weighted by Crippen LogP contribution is 2.52. The largest absolute Gasteiger partial charge is 0.309 e. The second-order valence-electron chi connectivity index (χ2n) is 16.4. The van der Waals surface area contributed by atoms with Crippen LogP contribution >= 0.6 is 22.7 Å². The van der Waals surface area contributed by atoms with Crippen LogP contribution in [0.15, 0.2) is 170 Å². The molecule has 1 aliphatic rings. The molecule has 13 rings (SSSR count). The summed E-state index contributed by atoms with van der Waals surface area (Å²) in [6.45, 7) is 4.73. The Morgan fingerprint density at radius 1 is 0.417 bits per heavy atom. The van der Waals surface area contributed by atoms with E-state index in [1.54, 1.807) is 0 Å². The molecule has 4 nitrogen and oxygen atoms in total. The number of para-hydroxylation sites is 1. The topological polar surface area (TPSA) is 43.6 Å². The number of hydrogen-bond acceptors (Lipinski definition) is 5. The SMILES string of the molecule is CC1(C)c2ccccc2-c2cc3c4ccccc4n(-c4cc(-c5nc(-c6ccccc6)nc(-c6ccccc6)n5)c5sc6ccc7c8ccccc8sc7c6c5c4)c3cc21. The van der Waals surface area contributed by atoms with Gasteiger partial charge in [0.05, 0.1) is 11.0 Å². The molecule has 12 aromatic rings. The van der Waals surface area contributed by atoms with Crippen LogP contribution in [-0.4, -0.2) is 19.5 Å². The van der Waals surface area contributed by atoms with E-state index in [1.165, 1.54) is 84.4 Å². The second kappa shape index (κ2) is 12.5. The lowest BCUT2D eigenvalue weighted by Gasteiger charge is -2.21. The fourth-order valence-electron chi connectivity index (χ4n) is 9.80. The maximum absolute atomic E-state index is 5.33. The zero-order chi connectivity index (χ0) is 39.7. The van der Waals surface area contributed by atoms with Crippen molar-refractivity contribution in [3.63, 3.8) is 0 Å². The highest BCUT2D eigenvalue weighted by Gasteiger charge is 2.36. The summed E-state index contributed by atoms with van der Waals surface area (Å²) in [6.07, 6.45) is 0. The van der Waals surface area contributed by atoms with Crippen molar-refractivity contribution in [3.05, 3.63) is 181 Å². The number of hydrogen-bond donors (Lipinski definition) is 0. The third kappa shape index (κ3) is 4.80. The molecule has 0 spiro atoms. The molecule has 0 aliphatic heterocycles. The highest BCUT2D eigenvalue weighted by atomic mass is 32.1. The van der Waals surface area contributed by atoms with E-state index in [-0.39, 0.29) is 5.41 Å². The number of benzene rings is 8. The first-order valence-electron chi connectivity index (χ1n) is 20.4. The predicted octanol–water partition coefficient (Wildman–Crippen LogP) is 15.0. The van der Waals surface area contributed by atoms with E-state index in [2.05, 4.69) is 152 Å². The Morgan fingerprint density at radius 2 is 1.07 bits per heavy atom. The van der Waals surface area contributed by atoms with Gasteiger partial charge in [-0.1, -0.05) is 141 Å². The Labute approximate surface area is 353 Å². The highest BCUT2D eigenvalue weighted by molar-refractivity contribution is 7.30. The van der Waals surface area contributed by atoms with Crippen molar-refractivity contribution in [3.8, 4) is 51.0 Å². The zero-order valence-electron chi connectivity index (χ0n) is 32.8. The number of fused-ring (bicyclic) bond motifs is 13. The van der Waals surface area contributed by atoms with Crippen molar-refractivity contribution in [1.82, 2.24) is 19.5 Å². The van der Waals surface area contributed by atoms with E-state index in [4.69, 9.17) is 15.0 Å². The molecule has 60 heavy (non-hydrogen) atoms. The van der Waals surface area contributed by atoms with Crippen molar-refractivity contribution in [2.75, 3.05) is 0 Å². The maximum Gasteiger partial charge on any atom is 0.165 e. The Bertz CT molecular complexity index is 3690. The van der Waals surface area contributed by atoms with Gasteiger partial charge < -0.3 is 4.57 Å². The van der Waals surface area contributed by atoms with Crippen LogP contribution in [0.5, 0.6) is 0 Å².